The molecular weight excluding hydrogens is 607 g/mol. The summed E-state index contributed by atoms with van der Waals surface area (Å²) in [6, 6.07) is 47.6. The van der Waals surface area contributed by atoms with Crippen molar-refractivity contribution in [3.8, 4) is 56.2 Å². The summed E-state index contributed by atoms with van der Waals surface area (Å²) in [5.41, 5.74) is 12.8. The average Bonchev–Trinajstić information content (AvgIpc) is 3.40. The van der Waals surface area contributed by atoms with Crippen LogP contribution in [0.4, 0.5) is 0 Å². The first-order valence-corrected chi connectivity index (χ1v) is 17.1. The van der Waals surface area contributed by atoms with Crippen molar-refractivity contribution in [3.05, 3.63) is 181 Å². The number of benzene rings is 6. The molecule has 0 unspecified atom stereocenters. The quantitative estimate of drug-likeness (QED) is 0.162. The molecule has 0 saturated carbocycles. The van der Waals surface area contributed by atoms with Gasteiger partial charge in [-0.05, 0) is 68.8 Å². The third-order valence-corrected chi connectivity index (χ3v) is 9.91. The molecule has 1 aliphatic carbocycles. The minimum Gasteiger partial charge on any atom is -0.208 e. The number of allylic oxidation sites excluding steroid dienone is 5. The van der Waals surface area contributed by atoms with E-state index in [1.165, 1.54) is 33.4 Å². The van der Waals surface area contributed by atoms with Gasteiger partial charge < -0.3 is 0 Å². The van der Waals surface area contributed by atoms with Crippen molar-refractivity contribution in [1.29, 1.82) is 0 Å². The molecule has 0 fully saturated rings. The Kier molecular flexibility index (Phi) is 7.89. The fourth-order valence-electron chi connectivity index (χ4n) is 7.30. The second kappa shape index (κ2) is 12.7. The van der Waals surface area contributed by atoms with Crippen molar-refractivity contribution >= 4 is 16.3 Å². The van der Waals surface area contributed by atoms with Crippen LogP contribution in [0.25, 0.3) is 72.5 Å². The van der Waals surface area contributed by atoms with Gasteiger partial charge in [0.2, 0.25) is 0 Å². The summed E-state index contributed by atoms with van der Waals surface area (Å²) in [6.07, 6.45) is 7.68. The lowest BCUT2D eigenvalue weighted by molar-refractivity contribution is 0.660. The fraction of sp³-hybridized carbons (Fsp3) is 0.0851. The van der Waals surface area contributed by atoms with Gasteiger partial charge in [0.05, 0.1) is 0 Å². The largest absolute Gasteiger partial charge is 0.208 e. The molecule has 7 aromatic rings. The van der Waals surface area contributed by atoms with Crippen LogP contribution in [0.5, 0.6) is 0 Å². The Labute approximate surface area is 294 Å². The van der Waals surface area contributed by atoms with Crippen LogP contribution in [-0.4, -0.2) is 15.0 Å². The van der Waals surface area contributed by atoms with Crippen LogP contribution in [0.3, 0.4) is 0 Å². The molecule has 0 amide bonds. The van der Waals surface area contributed by atoms with Gasteiger partial charge in [-0.2, -0.15) is 0 Å². The van der Waals surface area contributed by atoms with Crippen molar-refractivity contribution in [1.82, 2.24) is 15.0 Å². The number of nitrogens with zero attached hydrogens (tertiary/aromatic N) is 3. The van der Waals surface area contributed by atoms with Crippen LogP contribution >= 0.6 is 0 Å². The zero-order valence-corrected chi connectivity index (χ0v) is 28.6. The van der Waals surface area contributed by atoms with E-state index in [-0.39, 0.29) is 5.41 Å². The molecule has 0 atom stereocenters. The highest BCUT2D eigenvalue weighted by Gasteiger charge is 2.35. The molecule has 240 valence electrons. The molecule has 1 aliphatic rings. The number of hydrogen-bond donors (Lipinski definition) is 0. The molecule has 8 rings (SSSR count). The van der Waals surface area contributed by atoms with E-state index in [1.54, 1.807) is 6.08 Å². The number of aromatic nitrogens is 3. The van der Waals surface area contributed by atoms with E-state index in [0.29, 0.717) is 17.5 Å². The van der Waals surface area contributed by atoms with E-state index >= 15 is 0 Å². The van der Waals surface area contributed by atoms with Crippen LogP contribution in [0, 0.1) is 0 Å². The van der Waals surface area contributed by atoms with Crippen molar-refractivity contribution in [2.24, 2.45) is 0 Å². The molecule has 0 bridgehead atoms. The lowest BCUT2D eigenvalue weighted by Gasteiger charge is -2.22. The zero-order chi connectivity index (χ0) is 34.2. The van der Waals surface area contributed by atoms with E-state index in [9.17, 15) is 0 Å². The van der Waals surface area contributed by atoms with Crippen molar-refractivity contribution in [2.75, 3.05) is 0 Å². The van der Waals surface area contributed by atoms with Gasteiger partial charge in [0.25, 0.3) is 0 Å². The molecule has 6 aromatic carbocycles. The Hall–Kier alpha value is -6.19. The second-order valence-corrected chi connectivity index (χ2v) is 13.2. The van der Waals surface area contributed by atoms with E-state index in [0.717, 1.165) is 38.6 Å². The number of rotatable bonds is 7. The summed E-state index contributed by atoms with van der Waals surface area (Å²) >= 11 is 0. The number of fused-ring (bicyclic) bond motifs is 4. The lowest BCUT2D eigenvalue weighted by atomic mass is 9.81. The van der Waals surface area contributed by atoms with Crippen LogP contribution in [0.1, 0.15) is 37.7 Å². The Morgan fingerprint density at radius 2 is 1.24 bits per heavy atom. The number of hydrogen-bond acceptors (Lipinski definition) is 3. The predicted molar refractivity (Wildman–Crippen MR) is 210 cm³/mol. The van der Waals surface area contributed by atoms with Gasteiger partial charge in [0.1, 0.15) is 0 Å². The summed E-state index contributed by atoms with van der Waals surface area (Å²) in [6.45, 7) is 10.5. The van der Waals surface area contributed by atoms with Gasteiger partial charge in [-0.3, -0.25) is 0 Å². The summed E-state index contributed by atoms with van der Waals surface area (Å²) in [5, 5.41) is 2.31. The molecule has 0 radical (unpaired) electrons. The van der Waals surface area contributed by atoms with Crippen LogP contribution in [0.2, 0.25) is 0 Å². The van der Waals surface area contributed by atoms with Gasteiger partial charge in [-0.1, -0.05) is 166 Å². The Balaban J connectivity index is 1.27. The SMILES string of the molecule is C=C/C=C\C(=C/C)c1nc(-c2ccccc2)nc(-c2ccc3ccccc3c2-c2ccc(-c3ccc4c(c3)C(C)(C)c3ccccc3-4)cc2)n1. The maximum Gasteiger partial charge on any atom is 0.164 e. The standard InChI is InChI=1S/C47H37N3/c1-5-7-15-31(6-2)44-48-45(35-17-9-8-10-18-35)50-46(49-44)40-29-26-33-16-11-12-19-37(33)43(40)34-24-22-32(23-25-34)36-27-28-39-38-20-13-14-21-41(38)47(3,4)42(39)30-36/h5-30H,1H2,2-4H3/b15-7-,31-6+. The van der Waals surface area contributed by atoms with Gasteiger partial charge >= 0.3 is 0 Å². The molecule has 0 spiro atoms. The maximum atomic E-state index is 5.10. The predicted octanol–water partition coefficient (Wildman–Crippen LogP) is 12.1. The zero-order valence-electron chi connectivity index (χ0n) is 28.6. The second-order valence-electron chi connectivity index (χ2n) is 13.2. The highest BCUT2D eigenvalue weighted by atomic mass is 15.0. The molecule has 0 aliphatic heterocycles. The maximum absolute atomic E-state index is 5.10. The van der Waals surface area contributed by atoms with Gasteiger partial charge in [0.15, 0.2) is 17.5 Å². The Morgan fingerprint density at radius 1 is 0.580 bits per heavy atom. The molecule has 50 heavy (non-hydrogen) atoms. The summed E-state index contributed by atoms with van der Waals surface area (Å²) < 4.78 is 0. The van der Waals surface area contributed by atoms with Crippen molar-refractivity contribution < 1.29 is 0 Å². The molecule has 3 nitrogen and oxygen atoms in total. The third kappa shape index (κ3) is 5.38. The van der Waals surface area contributed by atoms with E-state index < -0.39 is 0 Å². The molecule has 0 saturated heterocycles. The van der Waals surface area contributed by atoms with E-state index in [4.69, 9.17) is 15.0 Å². The van der Waals surface area contributed by atoms with E-state index in [1.807, 2.05) is 55.5 Å². The van der Waals surface area contributed by atoms with Crippen LogP contribution < -0.4 is 0 Å². The summed E-state index contributed by atoms with van der Waals surface area (Å²) in [5.74, 6) is 1.88. The third-order valence-electron chi connectivity index (χ3n) is 9.91. The van der Waals surface area contributed by atoms with E-state index in [2.05, 4.69) is 124 Å². The highest BCUT2D eigenvalue weighted by Crippen LogP contribution is 2.49. The molecular formula is C47H37N3. The molecule has 3 heteroatoms. The normalized spacial score (nSPS) is 13.4. The molecule has 0 N–H and O–H groups in total. The first-order valence-electron chi connectivity index (χ1n) is 17.1. The fourth-order valence-corrected chi connectivity index (χ4v) is 7.30. The summed E-state index contributed by atoms with van der Waals surface area (Å²) in [7, 11) is 0. The highest BCUT2D eigenvalue weighted by molar-refractivity contribution is 6.03. The van der Waals surface area contributed by atoms with Crippen molar-refractivity contribution in [2.45, 2.75) is 26.2 Å². The minimum absolute atomic E-state index is 0.0456. The monoisotopic (exact) mass is 643 g/mol. The van der Waals surface area contributed by atoms with Crippen molar-refractivity contribution in [3.63, 3.8) is 0 Å². The Morgan fingerprint density at radius 3 is 2.04 bits per heavy atom. The Bertz CT molecular complexity index is 2470. The van der Waals surface area contributed by atoms with Crippen LogP contribution in [0.15, 0.2) is 164 Å². The first-order chi connectivity index (χ1) is 24.5. The summed E-state index contributed by atoms with van der Waals surface area (Å²) in [4.78, 5) is 15.1. The van der Waals surface area contributed by atoms with Crippen LogP contribution in [-0.2, 0) is 5.41 Å². The molecule has 1 aromatic heterocycles. The average molecular weight is 644 g/mol. The van der Waals surface area contributed by atoms with Gasteiger partial charge in [-0.15, -0.1) is 0 Å². The van der Waals surface area contributed by atoms with Gasteiger partial charge in [0, 0.05) is 27.7 Å². The minimum atomic E-state index is -0.0456. The van der Waals surface area contributed by atoms with Gasteiger partial charge in [-0.25, -0.2) is 15.0 Å². The topological polar surface area (TPSA) is 38.7 Å². The smallest absolute Gasteiger partial charge is 0.164 e. The first kappa shape index (κ1) is 31.1. The lowest BCUT2D eigenvalue weighted by Crippen LogP contribution is -2.14. The molecule has 1 heterocycles.